The average Bonchev–Trinajstić information content (AvgIpc) is 4.16. The van der Waals surface area contributed by atoms with Crippen LogP contribution in [0, 0.1) is 0 Å². The Labute approximate surface area is 373 Å². The molecular formula is C52H56F2N8O2. The van der Waals surface area contributed by atoms with Crippen LogP contribution in [-0.2, 0) is 9.59 Å². The fourth-order valence-corrected chi connectivity index (χ4v) is 10.0. The Morgan fingerprint density at radius 3 is 1.92 bits per heavy atom. The zero-order valence-corrected chi connectivity index (χ0v) is 37.0. The molecule has 2 aromatic heterocycles. The van der Waals surface area contributed by atoms with Crippen LogP contribution in [0.15, 0.2) is 121 Å². The minimum absolute atomic E-state index is 0.117. The van der Waals surface area contributed by atoms with Crippen molar-refractivity contribution in [2.45, 2.75) is 77.0 Å². The maximum Gasteiger partial charge on any atom is 0.267 e. The van der Waals surface area contributed by atoms with Gasteiger partial charge in [-0.05, 0) is 84.4 Å². The zero-order chi connectivity index (χ0) is 44.5. The van der Waals surface area contributed by atoms with Gasteiger partial charge in [0.1, 0.15) is 23.7 Å². The fraction of sp³-hybridized carbons (Fsp3) is 0.346. The molecule has 7 aromatic rings. The van der Waals surface area contributed by atoms with Crippen molar-refractivity contribution in [3.63, 3.8) is 0 Å². The number of likely N-dealkylation sites (tertiary alicyclic amines) is 2. The van der Waals surface area contributed by atoms with E-state index in [0.29, 0.717) is 31.2 Å². The average molecular weight is 863 g/mol. The van der Waals surface area contributed by atoms with Gasteiger partial charge in [-0.25, -0.2) is 18.7 Å². The van der Waals surface area contributed by atoms with Crippen molar-refractivity contribution in [2.75, 3.05) is 39.3 Å². The summed E-state index contributed by atoms with van der Waals surface area (Å²) in [6.45, 7) is 11.0. The molecule has 2 aliphatic rings. The minimum atomic E-state index is -3.04. The Kier molecular flexibility index (Phi) is 12.2. The van der Waals surface area contributed by atoms with Gasteiger partial charge in [0, 0.05) is 18.4 Å². The molecule has 0 unspecified atom stereocenters. The summed E-state index contributed by atoms with van der Waals surface area (Å²) in [7, 11) is 0. The van der Waals surface area contributed by atoms with E-state index < -0.39 is 31.0 Å². The number of benzene rings is 5. The number of carbonyl (C=O) groups excluding carboxylic acids is 2. The van der Waals surface area contributed by atoms with Crippen molar-refractivity contribution in [3.05, 3.63) is 144 Å². The lowest BCUT2D eigenvalue weighted by atomic mass is 9.99. The number of rotatable bonds is 14. The number of aromatic amines is 2. The number of halogens is 2. The summed E-state index contributed by atoms with van der Waals surface area (Å²) in [5, 5.41) is 2.09. The molecule has 2 N–H and O–H groups in total. The second-order valence-electron chi connectivity index (χ2n) is 17.1. The Morgan fingerprint density at radius 1 is 0.703 bits per heavy atom. The molecule has 0 aliphatic carbocycles. The van der Waals surface area contributed by atoms with Gasteiger partial charge >= 0.3 is 0 Å². The maximum absolute atomic E-state index is 15.2. The van der Waals surface area contributed by atoms with Gasteiger partial charge in [-0.15, -0.1) is 0 Å². The number of aromatic nitrogens is 4. The van der Waals surface area contributed by atoms with E-state index in [9.17, 15) is 9.59 Å². The highest BCUT2D eigenvalue weighted by atomic mass is 19.3. The summed E-state index contributed by atoms with van der Waals surface area (Å²) in [6.07, 6.45) is 2.94. The molecular weight excluding hydrogens is 807 g/mol. The van der Waals surface area contributed by atoms with Crippen LogP contribution in [0.4, 0.5) is 8.78 Å². The van der Waals surface area contributed by atoms with Crippen molar-refractivity contribution in [2.24, 2.45) is 0 Å². The van der Waals surface area contributed by atoms with Crippen LogP contribution in [0.1, 0.15) is 93.9 Å². The molecule has 0 saturated carbocycles. The van der Waals surface area contributed by atoms with E-state index >= 15 is 8.78 Å². The number of hydrogen-bond acceptors (Lipinski definition) is 6. The Balaban J connectivity index is 0.936. The van der Waals surface area contributed by atoms with E-state index in [2.05, 4.69) is 76.2 Å². The molecule has 64 heavy (non-hydrogen) atoms. The summed E-state index contributed by atoms with van der Waals surface area (Å²) in [4.78, 5) is 52.9. The number of amides is 2. The second kappa shape index (κ2) is 18.1. The number of carbonyl (C=O) groups is 2. The van der Waals surface area contributed by atoms with Gasteiger partial charge < -0.3 is 19.8 Å². The number of imidazole rings is 2. The number of nitrogens with zero attached hydrogens (tertiary/aromatic N) is 6. The molecule has 0 bridgehead atoms. The largest absolute Gasteiger partial charge is 0.340 e. The van der Waals surface area contributed by atoms with Crippen LogP contribution in [0.5, 0.6) is 0 Å². The molecule has 4 heterocycles. The molecule has 12 heteroatoms. The topological polar surface area (TPSA) is 104 Å². The minimum Gasteiger partial charge on any atom is -0.340 e. The van der Waals surface area contributed by atoms with Crippen molar-refractivity contribution in [1.29, 1.82) is 0 Å². The molecule has 2 aliphatic heterocycles. The Morgan fingerprint density at radius 2 is 1.30 bits per heavy atom. The monoisotopic (exact) mass is 862 g/mol. The summed E-state index contributed by atoms with van der Waals surface area (Å²) < 4.78 is 30.4. The quantitative estimate of drug-likeness (QED) is 0.113. The Hall–Kier alpha value is -6.24. The lowest BCUT2D eigenvalue weighted by Crippen LogP contribution is -2.43. The van der Waals surface area contributed by atoms with E-state index in [4.69, 9.17) is 4.98 Å². The van der Waals surface area contributed by atoms with Gasteiger partial charge in [-0.1, -0.05) is 131 Å². The van der Waals surface area contributed by atoms with Crippen molar-refractivity contribution in [1.82, 2.24) is 39.5 Å². The number of hydrogen-bond donors (Lipinski definition) is 2. The lowest BCUT2D eigenvalue weighted by Gasteiger charge is -2.34. The first kappa shape index (κ1) is 43.0. The van der Waals surface area contributed by atoms with Crippen molar-refractivity contribution >= 4 is 33.6 Å². The summed E-state index contributed by atoms with van der Waals surface area (Å²) in [6, 6.07) is 36.1. The van der Waals surface area contributed by atoms with Crippen LogP contribution < -0.4 is 0 Å². The normalized spacial score (nSPS) is 18.4. The third kappa shape index (κ3) is 8.20. The molecule has 9 rings (SSSR count). The molecule has 0 radical (unpaired) electrons. The van der Waals surface area contributed by atoms with E-state index in [1.807, 2.05) is 96.4 Å². The molecule has 2 fully saturated rings. The zero-order valence-electron chi connectivity index (χ0n) is 37.0. The van der Waals surface area contributed by atoms with Gasteiger partial charge in [0.25, 0.3) is 5.92 Å². The van der Waals surface area contributed by atoms with E-state index in [1.165, 1.54) is 4.90 Å². The highest BCUT2D eigenvalue weighted by Gasteiger charge is 2.50. The van der Waals surface area contributed by atoms with Crippen LogP contribution in [0.25, 0.3) is 44.2 Å². The van der Waals surface area contributed by atoms with Crippen molar-refractivity contribution in [3.8, 4) is 22.4 Å². The smallest absolute Gasteiger partial charge is 0.267 e. The van der Waals surface area contributed by atoms with Crippen LogP contribution in [-0.4, -0.2) is 96.5 Å². The summed E-state index contributed by atoms with van der Waals surface area (Å²) in [5.41, 5.74) is 7.22. The highest BCUT2D eigenvalue weighted by molar-refractivity contribution is 6.05. The standard InChI is InChI=1S/C52H56F2N8O2/c1-5-59(6-2)46(36-16-11-9-12-17-36)50(63)61-29-15-20-43(61)49-56-41-28-26-39-30-38(25-27-40(39)45(41)58-49)34-21-23-35(24-22-34)42-32-55-48(57-42)44-31-52(53,54)33-62(44)51(64)47(60(7-3)8-4)37-18-13-10-14-19-37/h9-14,16-19,21-28,30,32,43-44,46-47H,5-8,15,20,29,31,33H2,1-4H3,(H,55,57)(H,56,58)/t43-,44-,46+,47+/m0/s1. The fourth-order valence-electron chi connectivity index (χ4n) is 10.0. The van der Waals surface area contributed by atoms with Crippen LogP contribution in [0.3, 0.4) is 0 Å². The van der Waals surface area contributed by atoms with E-state index in [0.717, 1.165) is 81.4 Å². The summed E-state index contributed by atoms with van der Waals surface area (Å²) in [5.74, 6) is -2.11. The summed E-state index contributed by atoms with van der Waals surface area (Å²) >= 11 is 0. The first-order chi connectivity index (χ1) is 31.1. The Bertz CT molecular complexity index is 2730. The highest BCUT2D eigenvalue weighted by Crippen LogP contribution is 2.43. The number of fused-ring (bicyclic) bond motifs is 3. The van der Waals surface area contributed by atoms with Crippen LogP contribution in [0.2, 0.25) is 0 Å². The number of nitrogens with one attached hydrogen (secondary N) is 2. The lowest BCUT2D eigenvalue weighted by molar-refractivity contribution is -0.140. The first-order valence-electron chi connectivity index (χ1n) is 22.8. The predicted octanol–water partition coefficient (Wildman–Crippen LogP) is 10.5. The number of likely N-dealkylation sites (N-methyl/N-ethyl adjacent to an activating group) is 2. The molecule has 5 aromatic carbocycles. The second-order valence-corrected chi connectivity index (χ2v) is 17.1. The molecule has 2 amide bonds. The van der Waals surface area contributed by atoms with Gasteiger partial charge in [0.05, 0.1) is 41.6 Å². The molecule has 10 nitrogen and oxygen atoms in total. The van der Waals surface area contributed by atoms with E-state index in [-0.39, 0.29) is 23.9 Å². The van der Waals surface area contributed by atoms with Gasteiger partial charge in [0.2, 0.25) is 11.8 Å². The van der Waals surface area contributed by atoms with Gasteiger partial charge in [0.15, 0.2) is 0 Å². The van der Waals surface area contributed by atoms with Crippen molar-refractivity contribution < 1.29 is 18.4 Å². The van der Waals surface area contributed by atoms with Crippen LogP contribution >= 0.6 is 0 Å². The first-order valence-corrected chi connectivity index (χ1v) is 22.8. The van der Waals surface area contributed by atoms with Gasteiger partial charge in [-0.2, -0.15) is 0 Å². The predicted molar refractivity (Wildman–Crippen MR) is 249 cm³/mol. The molecule has 4 atom stereocenters. The molecule has 2 saturated heterocycles. The third-order valence-electron chi connectivity index (χ3n) is 13.4. The van der Waals surface area contributed by atoms with Gasteiger partial charge in [-0.3, -0.25) is 19.4 Å². The van der Waals surface area contributed by atoms with E-state index in [1.54, 1.807) is 6.20 Å². The number of alkyl halides is 2. The molecule has 0 spiro atoms. The third-order valence-corrected chi connectivity index (χ3v) is 13.4. The number of H-pyrrole nitrogens is 2. The SMILES string of the molecule is CCN(CC)[C@@H](C(=O)N1CC(F)(F)C[C@H]1c1ncc(-c2ccc(-c3ccc4c(ccc5[nH]c([C@@H]6CCCN6C(=O)[C@@H](c6ccccc6)N(CC)CC)nc54)c3)cc2)[nH]1)c1ccccc1. The maximum atomic E-state index is 15.2. The molecule has 330 valence electrons.